The van der Waals surface area contributed by atoms with Gasteiger partial charge in [0, 0.05) is 11.6 Å². The van der Waals surface area contributed by atoms with E-state index in [1.807, 2.05) is 0 Å². The van der Waals surface area contributed by atoms with Crippen LogP contribution in [-0.4, -0.2) is 16.7 Å². The van der Waals surface area contributed by atoms with E-state index < -0.39 is 11.7 Å². The van der Waals surface area contributed by atoms with Crippen molar-refractivity contribution < 1.29 is 13.2 Å². The van der Waals surface area contributed by atoms with Crippen LogP contribution < -0.4 is 0 Å². The highest BCUT2D eigenvalue weighted by Gasteiger charge is 2.19. The first-order chi connectivity index (χ1) is 6.24. The Morgan fingerprint density at radius 1 is 1.54 bits per heavy atom. The number of thioether (sulfide) groups is 1. The Morgan fingerprint density at radius 2 is 2.31 bits per heavy atom. The highest BCUT2D eigenvalue weighted by molar-refractivity contribution is 8.01. The molecule has 2 atom stereocenters. The number of hydrogen-bond donors (Lipinski definition) is 0. The van der Waals surface area contributed by atoms with Crippen molar-refractivity contribution in [2.24, 2.45) is 0 Å². The summed E-state index contributed by atoms with van der Waals surface area (Å²) in [6.45, 7) is 0. The first-order valence-corrected chi connectivity index (χ1v) is 5.11. The van der Waals surface area contributed by atoms with Crippen molar-refractivity contribution in [3.63, 3.8) is 0 Å². The average molecular weight is 225 g/mol. The van der Waals surface area contributed by atoms with Gasteiger partial charge < -0.3 is 0 Å². The zero-order chi connectivity index (χ0) is 9.68. The number of rotatable bonds is 4. The summed E-state index contributed by atoms with van der Waals surface area (Å²) in [6, 6.07) is 0. The van der Waals surface area contributed by atoms with Crippen LogP contribution in [0, 0.1) is 0 Å². The van der Waals surface area contributed by atoms with Crippen molar-refractivity contribution in [2.75, 3.05) is 0 Å². The van der Waals surface area contributed by atoms with Crippen molar-refractivity contribution in [1.82, 2.24) is 4.98 Å². The molecule has 0 aliphatic heterocycles. The van der Waals surface area contributed by atoms with Gasteiger partial charge >= 0.3 is 0 Å². The quantitative estimate of drug-likeness (QED) is 0.729. The molecular weight excluding hydrogens is 219 g/mol. The van der Waals surface area contributed by atoms with Gasteiger partial charge in [0.15, 0.2) is 16.0 Å². The predicted octanol–water partition coefficient (Wildman–Crippen LogP) is 3.35. The summed E-state index contributed by atoms with van der Waals surface area (Å²) in [6.07, 6.45) is 0.0991. The monoisotopic (exact) mass is 225 g/mol. The standard InChI is InChI=1S/C7H6F3NS2/c8-2-1-5(9)6(10)13-7-11-3-4-12-7/h1-6H. The second kappa shape index (κ2) is 5.29. The van der Waals surface area contributed by atoms with Crippen molar-refractivity contribution in [3.05, 3.63) is 24.0 Å². The minimum Gasteiger partial charge on any atom is -0.239 e. The Bertz CT molecular complexity index is 263. The summed E-state index contributed by atoms with van der Waals surface area (Å²) < 4.78 is 37.4. The van der Waals surface area contributed by atoms with E-state index in [2.05, 4.69) is 4.98 Å². The van der Waals surface area contributed by atoms with Gasteiger partial charge in [0.05, 0.1) is 6.33 Å². The molecule has 0 N–H and O–H groups in total. The molecule has 1 aromatic heterocycles. The van der Waals surface area contributed by atoms with E-state index in [0.29, 0.717) is 22.2 Å². The maximum absolute atomic E-state index is 12.9. The first kappa shape index (κ1) is 10.6. The lowest BCUT2D eigenvalue weighted by Gasteiger charge is -2.06. The van der Waals surface area contributed by atoms with Crippen LogP contribution in [0.3, 0.4) is 0 Å². The molecular formula is C7H6F3NS2. The summed E-state index contributed by atoms with van der Waals surface area (Å²) in [7, 11) is 0. The summed E-state index contributed by atoms with van der Waals surface area (Å²) >= 11 is 1.86. The molecule has 0 saturated heterocycles. The second-order valence-electron chi connectivity index (χ2n) is 2.03. The highest BCUT2D eigenvalue weighted by Crippen LogP contribution is 2.29. The Balaban J connectivity index is 2.45. The summed E-state index contributed by atoms with van der Waals surface area (Å²) in [4.78, 5) is 3.76. The maximum atomic E-state index is 12.9. The zero-order valence-corrected chi connectivity index (χ0v) is 7.99. The van der Waals surface area contributed by atoms with E-state index in [1.54, 1.807) is 5.38 Å². The van der Waals surface area contributed by atoms with Crippen LogP contribution >= 0.6 is 23.1 Å². The maximum Gasteiger partial charge on any atom is 0.187 e. The molecule has 1 rings (SSSR count). The Kier molecular flexibility index (Phi) is 4.31. The number of nitrogens with zero attached hydrogens (tertiary/aromatic N) is 1. The van der Waals surface area contributed by atoms with E-state index in [-0.39, 0.29) is 6.33 Å². The Hall–Kier alpha value is -0.490. The van der Waals surface area contributed by atoms with Crippen LogP contribution in [0.5, 0.6) is 0 Å². The molecule has 0 amide bonds. The molecule has 6 heteroatoms. The third-order valence-corrected chi connectivity index (χ3v) is 3.06. The van der Waals surface area contributed by atoms with E-state index in [1.165, 1.54) is 17.5 Å². The van der Waals surface area contributed by atoms with Gasteiger partial charge in [-0.3, -0.25) is 0 Å². The van der Waals surface area contributed by atoms with Gasteiger partial charge in [0.1, 0.15) is 0 Å². The minimum atomic E-state index is -1.93. The predicted molar refractivity (Wildman–Crippen MR) is 48.0 cm³/mol. The topological polar surface area (TPSA) is 12.9 Å². The SMILES string of the molecule is FC=CC(F)C(F)Sc1nccs1. The van der Waals surface area contributed by atoms with Gasteiger partial charge in [-0.15, -0.1) is 11.3 Å². The fraction of sp³-hybridized carbons (Fsp3) is 0.286. The van der Waals surface area contributed by atoms with Crippen LogP contribution in [-0.2, 0) is 0 Å². The summed E-state index contributed by atoms with van der Waals surface area (Å²) in [5, 5.41) is 1.66. The van der Waals surface area contributed by atoms with Crippen molar-refractivity contribution >= 4 is 23.1 Å². The highest BCUT2D eigenvalue weighted by atomic mass is 32.2. The van der Waals surface area contributed by atoms with Crippen molar-refractivity contribution in [1.29, 1.82) is 0 Å². The van der Waals surface area contributed by atoms with Gasteiger partial charge in [-0.2, -0.15) is 0 Å². The second-order valence-corrected chi connectivity index (χ2v) is 4.26. The van der Waals surface area contributed by atoms with Gasteiger partial charge in [0.25, 0.3) is 0 Å². The summed E-state index contributed by atoms with van der Waals surface area (Å²) in [5.41, 5.74) is -1.81. The van der Waals surface area contributed by atoms with E-state index in [0.717, 1.165) is 0 Å². The van der Waals surface area contributed by atoms with E-state index in [9.17, 15) is 13.2 Å². The van der Waals surface area contributed by atoms with Crippen molar-refractivity contribution in [3.8, 4) is 0 Å². The Morgan fingerprint density at radius 3 is 2.85 bits per heavy atom. The molecule has 0 bridgehead atoms. The number of thiazole rings is 1. The molecule has 1 heterocycles. The average Bonchev–Trinajstić information content (AvgIpc) is 2.57. The molecule has 0 saturated carbocycles. The van der Waals surface area contributed by atoms with Crippen LogP contribution in [0.4, 0.5) is 13.2 Å². The van der Waals surface area contributed by atoms with Gasteiger partial charge in [-0.1, -0.05) is 11.8 Å². The largest absolute Gasteiger partial charge is 0.239 e. The molecule has 0 aliphatic rings. The number of allylic oxidation sites excluding steroid dienone is 1. The molecule has 13 heavy (non-hydrogen) atoms. The molecule has 1 aromatic rings. The lowest BCUT2D eigenvalue weighted by Crippen LogP contribution is -2.09. The lowest BCUT2D eigenvalue weighted by atomic mass is 10.4. The number of aromatic nitrogens is 1. The number of alkyl halides is 2. The van der Waals surface area contributed by atoms with Crippen LogP contribution in [0.15, 0.2) is 28.3 Å². The normalized spacial score (nSPS) is 16.2. The minimum absolute atomic E-state index is 0.000340. The summed E-state index contributed by atoms with van der Waals surface area (Å²) in [5.74, 6) is 0. The molecule has 0 radical (unpaired) electrons. The smallest absolute Gasteiger partial charge is 0.187 e. The van der Waals surface area contributed by atoms with Gasteiger partial charge in [-0.25, -0.2) is 18.2 Å². The van der Waals surface area contributed by atoms with Gasteiger partial charge in [0.2, 0.25) is 0 Å². The fourth-order valence-electron chi connectivity index (χ4n) is 0.587. The van der Waals surface area contributed by atoms with Crippen LogP contribution in [0.1, 0.15) is 0 Å². The first-order valence-electron chi connectivity index (χ1n) is 3.35. The van der Waals surface area contributed by atoms with Crippen LogP contribution in [0.2, 0.25) is 0 Å². The van der Waals surface area contributed by atoms with E-state index in [4.69, 9.17) is 0 Å². The number of halogens is 3. The fourth-order valence-corrected chi connectivity index (χ4v) is 2.15. The van der Waals surface area contributed by atoms with Gasteiger partial charge in [-0.05, 0) is 6.08 Å². The lowest BCUT2D eigenvalue weighted by molar-refractivity contribution is 0.280. The molecule has 0 fully saturated rings. The number of hydrogen-bond acceptors (Lipinski definition) is 3. The third-order valence-electron chi connectivity index (χ3n) is 1.13. The van der Waals surface area contributed by atoms with E-state index >= 15 is 0 Å². The Labute approximate surface area is 81.7 Å². The molecule has 0 aliphatic carbocycles. The molecule has 0 aromatic carbocycles. The molecule has 1 nitrogen and oxygen atoms in total. The van der Waals surface area contributed by atoms with Crippen molar-refractivity contribution in [2.45, 2.75) is 16.0 Å². The molecule has 72 valence electrons. The zero-order valence-electron chi connectivity index (χ0n) is 6.36. The van der Waals surface area contributed by atoms with Crippen LogP contribution in [0.25, 0.3) is 0 Å². The third kappa shape index (κ3) is 3.40. The molecule has 2 unspecified atom stereocenters. The molecule has 0 spiro atoms.